The van der Waals surface area contributed by atoms with Gasteiger partial charge in [0.2, 0.25) is 0 Å². The number of likely N-dealkylation sites (tertiary alicyclic amines) is 1. The first kappa shape index (κ1) is 11.3. The molecule has 1 heterocycles. The van der Waals surface area contributed by atoms with Crippen molar-refractivity contribution in [1.82, 2.24) is 4.90 Å². The lowest BCUT2D eigenvalue weighted by atomic mass is 10.1. The molecule has 18 heavy (non-hydrogen) atoms. The molecule has 1 aromatic rings. The molecule has 3 rings (SSSR count). The van der Waals surface area contributed by atoms with Gasteiger partial charge in [0.05, 0.1) is 5.56 Å². The SMILES string of the molecule is O=C(O)c1cccc(C(=O)N2CC3CCC2C3)c1. The zero-order valence-corrected chi connectivity index (χ0v) is 10.0. The maximum Gasteiger partial charge on any atom is 0.335 e. The minimum atomic E-state index is -0.993. The van der Waals surface area contributed by atoms with Crippen molar-refractivity contribution < 1.29 is 14.7 Å². The monoisotopic (exact) mass is 245 g/mol. The number of hydrogen-bond donors (Lipinski definition) is 1. The largest absolute Gasteiger partial charge is 0.478 e. The summed E-state index contributed by atoms with van der Waals surface area (Å²) >= 11 is 0. The van der Waals surface area contributed by atoms with E-state index in [1.165, 1.54) is 18.6 Å². The molecule has 0 radical (unpaired) electrons. The Labute approximate surface area is 105 Å². The van der Waals surface area contributed by atoms with Crippen LogP contribution in [0.2, 0.25) is 0 Å². The summed E-state index contributed by atoms with van der Waals surface area (Å²) in [4.78, 5) is 25.2. The van der Waals surface area contributed by atoms with Crippen LogP contribution in [0.5, 0.6) is 0 Å². The number of hydrogen-bond acceptors (Lipinski definition) is 2. The molecule has 2 unspecified atom stereocenters. The zero-order valence-electron chi connectivity index (χ0n) is 10.0. The lowest BCUT2D eigenvalue weighted by molar-refractivity contribution is 0.0697. The first-order chi connectivity index (χ1) is 8.65. The molecule has 2 aliphatic rings. The van der Waals surface area contributed by atoms with Crippen LogP contribution in [0.4, 0.5) is 0 Å². The lowest BCUT2D eigenvalue weighted by Crippen LogP contribution is -2.37. The highest BCUT2D eigenvalue weighted by atomic mass is 16.4. The van der Waals surface area contributed by atoms with E-state index in [0.29, 0.717) is 17.5 Å². The van der Waals surface area contributed by atoms with Crippen LogP contribution in [-0.4, -0.2) is 34.5 Å². The molecule has 94 valence electrons. The molecule has 2 fully saturated rings. The van der Waals surface area contributed by atoms with Gasteiger partial charge in [-0.15, -0.1) is 0 Å². The first-order valence-electron chi connectivity index (χ1n) is 6.29. The third-order valence-corrected chi connectivity index (χ3v) is 4.03. The fourth-order valence-electron chi connectivity index (χ4n) is 3.12. The van der Waals surface area contributed by atoms with Crippen molar-refractivity contribution in [2.45, 2.75) is 25.3 Å². The average molecular weight is 245 g/mol. The molecule has 4 nitrogen and oxygen atoms in total. The Morgan fingerprint density at radius 3 is 2.61 bits per heavy atom. The molecule has 2 atom stereocenters. The van der Waals surface area contributed by atoms with Crippen LogP contribution in [0.25, 0.3) is 0 Å². The van der Waals surface area contributed by atoms with E-state index in [2.05, 4.69) is 0 Å². The van der Waals surface area contributed by atoms with Crippen LogP contribution in [0.3, 0.4) is 0 Å². The Balaban J connectivity index is 1.84. The fourth-order valence-corrected chi connectivity index (χ4v) is 3.12. The highest BCUT2D eigenvalue weighted by Crippen LogP contribution is 2.38. The number of carbonyl (C=O) groups excluding carboxylic acids is 1. The molecule has 4 heteroatoms. The van der Waals surface area contributed by atoms with Crippen molar-refractivity contribution in [2.75, 3.05) is 6.54 Å². The smallest absolute Gasteiger partial charge is 0.335 e. The number of piperidine rings is 1. The van der Waals surface area contributed by atoms with E-state index in [9.17, 15) is 9.59 Å². The van der Waals surface area contributed by atoms with Crippen LogP contribution in [-0.2, 0) is 0 Å². The second-order valence-corrected chi connectivity index (χ2v) is 5.18. The minimum Gasteiger partial charge on any atom is -0.478 e. The number of carbonyl (C=O) groups is 2. The molecule has 0 aromatic heterocycles. The number of nitrogens with zero attached hydrogens (tertiary/aromatic N) is 1. The number of rotatable bonds is 2. The summed E-state index contributed by atoms with van der Waals surface area (Å²) in [5.41, 5.74) is 0.660. The third-order valence-electron chi connectivity index (χ3n) is 4.03. The summed E-state index contributed by atoms with van der Waals surface area (Å²) in [5.74, 6) is -0.362. The van der Waals surface area contributed by atoms with Crippen molar-refractivity contribution in [3.63, 3.8) is 0 Å². The molecule has 2 bridgehead atoms. The summed E-state index contributed by atoms with van der Waals surface area (Å²) in [5, 5.41) is 8.94. The van der Waals surface area contributed by atoms with Gasteiger partial charge >= 0.3 is 5.97 Å². The molecular weight excluding hydrogens is 230 g/mol. The van der Waals surface area contributed by atoms with Crippen molar-refractivity contribution in [1.29, 1.82) is 0 Å². The van der Waals surface area contributed by atoms with E-state index >= 15 is 0 Å². The standard InChI is InChI=1S/C14H15NO3/c16-13(15-8-9-4-5-12(15)6-9)10-2-1-3-11(7-10)14(17)18/h1-3,7,9,12H,4-6,8H2,(H,17,18). The maximum absolute atomic E-state index is 12.3. The second kappa shape index (κ2) is 4.12. The Hall–Kier alpha value is -1.84. The molecule has 1 saturated heterocycles. The predicted octanol–water partition coefficient (Wildman–Crippen LogP) is 2.01. The Kier molecular flexibility index (Phi) is 2.58. The van der Waals surface area contributed by atoms with Gasteiger partial charge in [-0.25, -0.2) is 4.79 Å². The molecule has 1 aliphatic heterocycles. The first-order valence-corrected chi connectivity index (χ1v) is 6.29. The molecular formula is C14H15NO3. The molecule has 1 aliphatic carbocycles. The van der Waals surface area contributed by atoms with Gasteiger partial charge in [0, 0.05) is 18.2 Å². The Morgan fingerprint density at radius 2 is 2.00 bits per heavy atom. The number of carboxylic acids is 1. The molecule has 0 spiro atoms. The second-order valence-electron chi connectivity index (χ2n) is 5.18. The Morgan fingerprint density at radius 1 is 1.22 bits per heavy atom. The molecule has 1 N–H and O–H groups in total. The summed E-state index contributed by atoms with van der Waals surface area (Å²) in [6, 6.07) is 6.67. The van der Waals surface area contributed by atoms with Crippen LogP contribution in [0.15, 0.2) is 24.3 Å². The van der Waals surface area contributed by atoms with Gasteiger partial charge in [-0.3, -0.25) is 4.79 Å². The minimum absolute atomic E-state index is 0.0229. The van der Waals surface area contributed by atoms with Crippen LogP contribution < -0.4 is 0 Å². The number of amides is 1. The van der Waals surface area contributed by atoms with Crippen molar-refractivity contribution in [3.05, 3.63) is 35.4 Å². The molecule has 1 aromatic carbocycles. The van der Waals surface area contributed by atoms with Crippen LogP contribution in [0.1, 0.15) is 40.0 Å². The number of benzene rings is 1. The van der Waals surface area contributed by atoms with E-state index in [1.54, 1.807) is 12.1 Å². The summed E-state index contributed by atoms with van der Waals surface area (Å²) in [6.07, 6.45) is 3.43. The van der Waals surface area contributed by atoms with Gasteiger partial charge in [-0.05, 0) is 43.4 Å². The fraction of sp³-hybridized carbons (Fsp3) is 0.429. The van der Waals surface area contributed by atoms with Gasteiger partial charge in [0.25, 0.3) is 5.91 Å². The summed E-state index contributed by atoms with van der Waals surface area (Å²) < 4.78 is 0. The van der Waals surface area contributed by atoms with Crippen molar-refractivity contribution in [3.8, 4) is 0 Å². The molecule has 1 amide bonds. The number of carboxylic acid groups (broad SMARTS) is 1. The summed E-state index contributed by atoms with van der Waals surface area (Å²) in [6.45, 7) is 0.834. The van der Waals surface area contributed by atoms with E-state index < -0.39 is 5.97 Å². The zero-order chi connectivity index (χ0) is 12.7. The van der Waals surface area contributed by atoms with Crippen molar-refractivity contribution >= 4 is 11.9 Å². The third kappa shape index (κ3) is 1.78. The quantitative estimate of drug-likeness (QED) is 0.867. The molecule has 1 saturated carbocycles. The van der Waals surface area contributed by atoms with E-state index in [0.717, 1.165) is 19.4 Å². The van der Waals surface area contributed by atoms with Gasteiger partial charge in [-0.2, -0.15) is 0 Å². The normalized spacial score (nSPS) is 25.4. The Bertz CT molecular complexity index is 512. The van der Waals surface area contributed by atoms with Crippen LogP contribution >= 0.6 is 0 Å². The van der Waals surface area contributed by atoms with Crippen molar-refractivity contribution in [2.24, 2.45) is 5.92 Å². The van der Waals surface area contributed by atoms with Crippen LogP contribution in [0, 0.1) is 5.92 Å². The predicted molar refractivity (Wildman–Crippen MR) is 65.6 cm³/mol. The van der Waals surface area contributed by atoms with E-state index in [4.69, 9.17) is 5.11 Å². The maximum atomic E-state index is 12.3. The van der Waals surface area contributed by atoms with E-state index in [-0.39, 0.29) is 11.5 Å². The van der Waals surface area contributed by atoms with Gasteiger partial charge in [0.1, 0.15) is 0 Å². The highest BCUT2D eigenvalue weighted by molar-refractivity contribution is 5.97. The number of fused-ring (bicyclic) bond motifs is 2. The highest BCUT2D eigenvalue weighted by Gasteiger charge is 2.40. The topological polar surface area (TPSA) is 57.6 Å². The lowest BCUT2D eigenvalue weighted by Gasteiger charge is -2.27. The van der Waals surface area contributed by atoms with Gasteiger partial charge in [0.15, 0.2) is 0 Å². The average Bonchev–Trinajstić information content (AvgIpc) is 3.00. The van der Waals surface area contributed by atoms with E-state index in [1.807, 2.05) is 4.90 Å². The number of aromatic carboxylic acids is 1. The summed E-state index contributed by atoms with van der Waals surface area (Å²) in [7, 11) is 0. The van der Waals surface area contributed by atoms with Gasteiger partial charge in [-0.1, -0.05) is 6.07 Å². The van der Waals surface area contributed by atoms with Gasteiger partial charge < -0.3 is 10.0 Å².